The number of ether oxygens (including phenoxy) is 2. The van der Waals surface area contributed by atoms with Crippen molar-refractivity contribution < 1.29 is 19.1 Å². The Balaban J connectivity index is 1.52. The summed E-state index contributed by atoms with van der Waals surface area (Å²) in [5.41, 5.74) is 4.06. The first-order valence-corrected chi connectivity index (χ1v) is 8.78. The molecule has 0 aromatic heterocycles. The van der Waals surface area contributed by atoms with E-state index in [0.717, 1.165) is 35.2 Å². The average Bonchev–Trinajstić information content (AvgIpc) is 2.66. The highest BCUT2D eigenvalue weighted by Gasteiger charge is 2.23. The molecule has 0 N–H and O–H groups in total. The molecule has 0 aliphatic carbocycles. The van der Waals surface area contributed by atoms with Crippen LogP contribution in [0.4, 0.5) is 5.69 Å². The molecule has 5 heteroatoms. The molecule has 0 saturated carbocycles. The molecule has 0 radical (unpaired) electrons. The van der Waals surface area contributed by atoms with E-state index in [1.54, 1.807) is 4.90 Å². The van der Waals surface area contributed by atoms with Gasteiger partial charge in [-0.3, -0.25) is 4.79 Å². The second-order valence-electron chi connectivity index (χ2n) is 6.50. The smallest absolute Gasteiger partial charge is 0.344 e. The van der Waals surface area contributed by atoms with Crippen LogP contribution in [0.1, 0.15) is 23.1 Å². The van der Waals surface area contributed by atoms with Gasteiger partial charge in [0.15, 0.2) is 13.2 Å². The van der Waals surface area contributed by atoms with Crippen LogP contribution in [0.25, 0.3) is 0 Å². The Morgan fingerprint density at radius 3 is 2.73 bits per heavy atom. The highest BCUT2D eigenvalue weighted by atomic mass is 16.6. The van der Waals surface area contributed by atoms with Gasteiger partial charge in [0.05, 0.1) is 0 Å². The Morgan fingerprint density at radius 1 is 1.08 bits per heavy atom. The summed E-state index contributed by atoms with van der Waals surface area (Å²) in [5, 5.41) is 0. The predicted octanol–water partition coefficient (Wildman–Crippen LogP) is 3.20. The summed E-state index contributed by atoms with van der Waals surface area (Å²) in [5.74, 6) is -0.111. The topological polar surface area (TPSA) is 55.8 Å². The Kier molecular flexibility index (Phi) is 5.56. The van der Waals surface area contributed by atoms with Crippen LogP contribution in [0.2, 0.25) is 0 Å². The molecular formula is C21H23NO4. The minimum absolute atomic E-state index is 0.211. The summed E-state index contributed by atoms with van der Waals surface area (Å²) in [6.45, 7) is 4.03. The minimum Gasteiger partial charge on any atom is -0.482 e. The molecule has 26 heavy (non-hydrogen) atoms. The highest BCUT2D eigenvalue weighted by Crippen LogP contribution is 2.26. The van der Waals surface area contributed by atoms with Crippen molar-refractivity contribution in [2.75, 3.05) is 24.7 Å². The molecule has 3 rings (SSSR count). The number of carbonyl (C=O) groups excluding carboxylic acids is 2. The summed E-state index contributed by atoms with van der Waals surface area (Å²) >= 11 is 0. The van der Waals surface area contributed by atoms with Crippen LogP contribution in [-0.4, -0.2) is 31.6 Å². The van der Waals surface area contributed by atoms with Gasteiger partial charge in [-0.25, -0.2) is 4.79 Å². The number of nitrogens with zero attached hydrogens (tertiary/aromatic N) is 1. The van der Waals surface area contributed by atoms with E-state index in [-0.39, 0.29) is 19.1 Å². The first kappa shape index (κ1) is 18.0. The van der Waals surface area contributed by atoms with Crippen LogP contribution < -0.4 is 9.64 Å². The molecule has 0 bridgehead atoms. The summed E-state index contributed by atoms with van der Waals surface area (Å²) in [7, 11) is 0. The lowest BCUT2D eigenvalue weighted by Crippen LogP contribution is -2.38. The van der Waals surface area contributed by atoms with Gasteiger partial charge in [-0.2, -0.15) is 0 Å². The molecule has 0 spiro atoms. The minimum atomic E-state index is -0.551. The zero-order chi connectivity index (χ0) is 18.5. The van der Waals surface area contributed by atoms with Crippen LogP contribution in [0.5, 0.6) is 5.75 Å². The van der Waals surface area contributed by atoms with Gasteiger partial charge in [-0.15, -0.1) is 0 Å². The lowest BCUT2D eigenvalue weighted by Gasteiger charge is -2.29. The lowest BCUT2D eigenvalue weighted by atomic mass is 10.0. The molecule has 0 unspecified atom stereocenters. The third-order valence-corrected chi connectivity index (χ3v) is 4.46. The molecule has 1 aliphatic heterocycles. The molecule has 2 aromatic carbocycles. The average molecular weight is 353 g/mol. The molecular weight excluding hydrogens is 330 g/mol. The van der Waals surface area contributed by atoms with Crippen molar-refractivity contribution in [3.05, 3.63) is 59.2 Å². The zero-order valence-electron chi connectivity index (χ0n) is 15.2. The molecule has 1 amide bonds. The lowest BCUT2D eigenvalue weighted by molar-refractivity contribution is -0.149. The number of para-hydroxylation sites is 1. The number of rotatable bonds is 5. The fraction of sp³-hybridized carbons (Fsp3) is 0.333. The number of aryl methyl sites for hydroxylation is 3. The van der Waals surface area contributed by atoms with E-state index >= 15 is 0 Å². The van der Waals surface area contributed by atoms with E-state index in [9.17, 15) is 9.59 Å². The number of anilines is 1. The zero-order valence-corrected chi connectivity index (χ0v) is 15.2. The summed E-state index contributed by atoms with van der Waals surface area (Å²) in [6, 6.07) is 13.6. The first-order chi connectivity index (χ1) is 12.5. The van der Waals surface area contributed by atoms with Gasteiger partial charge in [0, 0.05) is 12.2 Å². The number of hydrogen-bond donors (Lipinski definition) is 0. The fourth-order valence-corrected chi connectivity index (χ4v) is 3.05. The van der Waals surface area contributed by atoms with Crippen LogP contribution in [0.3, 0.4) is 0 Å². The van der Waals surface area contributed by atoms with Gasteiger partial charge in [0.25, 0.3) is 5.91 Å². The summed E-state index contributed by atoms with van der Waals surface area (Å²) in [6.07, 6.45) is 1.87. The van der Waals surface area contributed by atoms with Gasteiger partial charge >= 0.3 is 5.97 Å². The van der Waals surface area contributed by atoms with Crippen LogP contribution in [0, 0.1) is 13.8 Å². The quantitative estimate of drug-likeness (QED) is 0.775. The summed E-state index contributed by atoms with van der Waals surface area (Å²) in [4.78, 5) is 26.1. The van der Waals surface area contributed by atoms with Gasteiger partial charge in [0.1, 0.15) is 5.75 Å². The van der Waals surface area contributed by atoms with Crippen LogP contribution in [0.15, 0.2) is 42.5 Å². The summed E-state index contributed by atoms with van der Waals surface area (Å²) < 4.78 is 10.6. The van der Waals surface area contributed by atoms with Gasteiger partial charge in [-0.1, -0.05) is 30.3 Å². The van der Waals surface area contributed by atoms with Gasteiger partial charge < -0.3 is 14.4 Å². The largest absolute Gasteiger partial charge is 0.482 e. The van der Waals surface area contributed by atoms with Crippen LogP contribution >= 0.6 is 0 Å². The van der Waals surface area contributed by atoms with Crippen molar-refractivity contribution in [1.29, 1.82) is 0 Å². The van der Waals surface area contributed by atoms with Crippen LogP contribution in [-0.2, 0) is 20.7 Å². The molecule has 0 atom stereocenters. The number of esters is 1. The molecule has 5 nitrogen and oxygen atoms in total. The normalized spacial score (nSPS) is 13.1. The Hall–Kier alpha value is -2.82. The van der Waals surface area contributed by atoms with Gasteiger partial charge in [-0.05, 0) is 55.5 Å². The molecule has 0 fully saturated rings. The number of benzene rings is 2. The maximum Gasteiger partial charge on any atom is 0.344 e. The Labute approximate surface area is 153 Å². The monoisotopic (exact) mass is 353 g/mol. The van der Waals surface area contributed by atoms with Crippen molar-refractivity contribution in [3.8, 4) is 5.75 Å². The van der Waals surface area contributed by atoms with Gasteiger partial charge in [0.2, 0.25) is 0 Å². The van der Waals surface area contributed by atoms with E-state index < -0.39 is 5.97 Å². The number of fused-ring (bicyclic) bond motifs is 1. The SMILES string of the molecule is Cc1ccc(C)c(OCC(=O)OCC(=O)N2CCCc3ccccc32)c1. The number of hydrogen-bond acceptors (Lipinski definition) is 4. The molecule has 136 valence electrons. The van der Waals surface area contributed by atoms with Crippen molar-refractivity contribution in [3.63, 3.8) is 0 Å². The number of carbonyl (C=O) groups is 2. The van der Waals surface area contributed by atoms with E-state index in [0.29, 0.717) is 12.3 Å². The molecule has 1 aliphatic rings. The first-order valence-electron chi connectivity index (χ1n) is 8.78. The number of amides is 1. The van der Waals surface area contributed by atoms with Crippen molar-refractivity contribution in [2.45, 2.75) is 26.7 Å². The predicted molar refractivity (Wildman–Crippen MR) is 99.5 cm³/mol. The van der Waals surface area contributed by atoms with E-state index in [4.69, 9.17) is 9.47 Å². The second-order valence-corrected chi connectivity index (χ2v) is 6.50. The van der Waals surface area contributed by atoms with E-state index in [1.165, 1.54) is 0 Å². The van der Waals surface area contributed by atoms with Crippen molar-refractivity contribution in [2.24, 2.45) is 0 Å². The molecule has 1 heterocycles. The third-order valence-electron chi connectivity index (χ3n) is 4.46. The Morgan fingerprint density at radius 2 is 1.88 bits per heavy atom. The maximum absolute atomic E-state index is 12.4. The van der Waals surface area contributed by atoms with E-state index in [1.807, 2.05) is 56.3 Å². The van der Waals surface area contributed by atoms with Crippen molar-refractivity contribution in [1.82, 2.24) is 0 Å². The molecule has 2 aromatic rings. The highest BCUT2D eigenvalue weighted by molar-refractivity contribution is 5.96. The fourth-order valence-electron chi connectivity index (χ4n) is 3.05. The molecule has 0 saturated heterocycles. The standard InChI is InChI=1S/C21H23NO4/c1-15-9-10-16(2)19(12-15)25-14-21(24)26-13-20(23)22-11-5-7-17-6-3-4-8-18(17)22/h3-4,6,8-10,12H,5,7,11,13-14H2,1-2H3. The Bertz CT molecular complexity index is 815. The van der Waals surface area contributed by atoms with Crippen molar-refractivity contribution >= 4 is 17.6 Å². The van der Waals surface area contributed by atoms with E-state index in [2.05, 4.69) is 0 Å². The maximum atomic E-state index is 12.4. The third kappa shape index (κ3) is 4.23. The second kappa shape index (κ2) is 8.04.